The summed E-state index contributed by atoms with van der Waals surface area (Å²) in [6, 6.07) is 23.0. The summed E-state index contributed by atoms with van der Waals surface area (Å²) < 4.78 is 24.0. The molecule has 2 atom stereocenters. The molecule has 0 saturated carbocycles. The quantitative estimate of drug-likeness (QED) is 0.649. The molecule has 3 aromatic rings. The molecule has 5 heteroatoms. The second-order valence-electron chi connectivity index (χ2n) is 7.79. The van der Waals surface area contributed by atoms with Crippen LogP contribution in [-0.4, -0.2) is 33.3 Å². The maximum atomic E-state index is 12.0. The van der Waals surface area contributed by atoms with E-state index in [2.05, 4.69) is 59.6 Å². The molecule has 3 aromatic carbocycles. The van der Waals surface area contributed by atoms with Crippen molar-refractivity contribution in [2.75, 3.05) is 23.7 Å². The lowest BCUT2D eigenvalue weighted by Crippen LogP contribution is -2.34. The molecule has 0 aromatic heterocycles. The third-order valence-corrected chi connectivity index (χ3v) is 7.66. The monoisotopic (exact) mass is 408 g/mol. The highest BCUT2D eigenvalue weighted by Crippen LogP contribution is 2.27. The number of nitrogens with one attached hydrogen (secondary N) is 1. The van der Waals surface area contributed by atoms with E-state index in [1.807, 2.05) is 12.1 Å². The van der Waals surface area contributed by atoms with E-state index in [-0.39, 0.29) is 11.8 Å². The van der Waals surface area contributed by atoms with Crippen molar-refractivity contribution < 1.29 is 8.42 Å². The van der Waals surface area contributed by atoms with Gasteiger partial charge in [0.15, 0.2) is 9.84 Å². The Labute approximate surface area is 173 Å². The predicted octanol–water partition coefficient (Wildman–Crippen LogP) is 4.56. The van der Waals surface area contributed by atoms with E-state index in [4.69, 9.17) is 0 Å². The smallest absolute Gasteiger partial charge is 0.178 e. The first-order valence-electron chi connectivity index (χ1n) is 10.3. The fraction of sp³-hybridized carbons (Fsp3) is 0.333. The summed E-state index contributed by atoms with van der Waals surface area (Å²) >= 11 is 0. The van der Waals surface area contributed by atoms with Crippen LogP contribution in [0.15, 0.2) is 71.6 Å². The van der Waals surface area contributed by atoms with Gasteiger partial charge in [-0.2, -0.15) is 0 Å². The number of sulfone groups is 1. The number of benzene rings is 3. The Morgan fingerprint density at radius 2 is 1.76 bits per heavy atom. The number of rotatable bonds is 6. The van der Waals surface area contributed by atoms with Crippen molar-refractivity contribution in [1.29, 1.82) is 0 Å². The Morgan fingerprint density at radius 3 is 2.52 bits per heavy atom. The lowest BCUT2D eigenvalue weighted by Gasteiger charge is -2.23. The van der Waals surface area contributed by atoms with Crippen molar-refractivity contribution in [3.8, 4) is 0 Å². The van der Waals surface area contributed by atoms with Gasteiger partial charge in [-0.1, -0.05) is 49.4 Å². The Morgan fingerprint density at radius 1 is 1.03 bits per heavy atom. The van der Waals surface area contributed by atoms with Gasteiger partial charge in [-0.05, 0) is 53.9 Å². The summed E-state index contributed by atoms with van der Waals surface area (Å²) in [5.41, 5.74) is 2.41. The molecule has 0 radical (unpaired) electrons. The van der Waals surface area contributed by atoms with E-state index in [0.717, 1.165) is 25.2 Å². The Bertz CT molecular complexity index is 1090. The highest BCUT2D eigenvalue weighted by Gasteiger charge is 2.25. The minimum atomic E-state index is -3.14. The van der Waals surface area contributed by atoms with Crippen molar-refractivity contribution in [3.05, 3.63) is 72.3 Å². The zero-order valence-corrected chi connectivity index (χ0v) is 17.8. The maximum Gasteiger partial charge on any atom is 0.178 e. The number of nitrogens with zero attached hydrogens (tertiary/aromatic N) is 1. The molecular formula is C24H28N2O2S. The minimum Gasteiger partial charge on any atom is -0.370 e. The fourth-order valence-electron chi connectivity index (χ4n) is 4.23. The van der Waals surface area contributed by atoms with Crippen molar-refractivity contribution in [2.24, 2.45) is 0 Å². The summed E-state index contributed by atoms with van der Waals surface area (Å²) in [5.74, 6) is 0.133. The standard InChI is InChI=1S/C24H28N2O2S/c1-3-29(27,28)22-13-11-21(12-14-22)26-16-15-20(17-26)25-18(2)23-10-6-8-19-7-4-5-9-24(19)23/h4-14,18,20,25H,3,15-17H2,1-2H3/t18-,20+/m1/s1. The lowest BCUT2D eigenvalue weighted by molar-refractivity contribution is 0.483. The maximum absolute atomic E-state index is 12.0. The van der Waals surface area contributed by atoms with E-state index in [0.29, 0.717) is 10.9 Å². The van der Waals surface area contributed by atoms with Gasteiger partial charge in [-0.25, -0.2) is 8.42 Å². The SMILES string of the molecule is CCS(=O)(=O)c1ccc(N2CC[C@H](N[C@H](C)c3cccc4ccccc34)C2)cc1. The molecule has 0 aliphatic carbocycles. The van der Waals surface area contributed by atoms with Crippen molar-refractivity contribution in [3.63, 3.8) is 0 Å². The van der Waals surface area contributed by atoms with Gasteiger partial charge in [-0.15, -0.1) is 0 Å². The van der Waals surface area contributed by atoms with E-state index >= 15 is 0 Å². The normalized spacial score (nSPS) is 18.3. The number of fused-ring (bicyclic) bond motifs is 1. The predicted molar refractivity (Wildman–Crippen MR) is 120 cm³/mol. The zero-order chi connectivity index (χ0) is 20.4. The summed E-state index contributed by atoms with van der Waals surface area (Å²) in [6.07, 6.45) is 1.07. The fourth-order valence-corrected chi connectivity index (χ4v) is 5.12. The molecule has 1 N–H and O–H groups in total. The highest BCUT2D eigenvalue weighted by molar-refractivity contribution is 7.91. The number of hydrogen-bond acceptors (Lipinski definition) is 4. The first-order valence-corrected chi connectivity index (χ1v) is 11.9. The van der Waals surface area contributed by atoms with Crippen LogP contribution in [0.25, 0.3) is 10.8 Å². The molecule has 0 spiro atoms. The van der Waals surface area contributed by atoms with Crippen LogP contribution < -0.4 is 10.2 Å². The van der Waals surface area contributed by atoms with E-state index in [9.17, 15) is 8.42 Å². The summed E-state index contributed by atoms with van der Waals surface area (Å²) in [5, 5.41) is 6.37. The molecule has 1 saturated heterocycles. The van der Waals surface area contributed by atoms with E-state index < -0.39 is 9.84 Å². The Hall–Kier alpha value is -2.37. The molecule has 1 aliphatic rings. The zero-order valence-electron chi connectivity index (χ0n) is 17.0. The van der Waals surface area contributed by atoms with Gasteiger partial charge in [0.05, 0.1) is 10.6 Å². The van der Waals surface area contributed by atoms with Gasteiger partial charge in [-0.3, -0.25) is 0 Å². The molecule has 0 unspecified atom stereocenters. The molecule has 152 valence electrons. The lowest BCUT2D eigenvalue weighted by atomic mass is 9.99. The van der Waals surface area contributed by atoms with Gasteiger partial charge in [0.25, 0.3) is 0 Å². The van der Waals surface area contributed by atoms with Crippen LogP contribution in [0.4, 0.5) is 5.69 Å². The third-order valence-electron chi connectivity index (χ3n) is 5.90. The van der Waals surface area contributed by atoms with Crippen LogP contribution in [0.2, 0.25) is 0 Å². The third kappa shape index (κ3) is 4.16. The van der Waals surface area contributed by atoms with Crippen LogP contribution in [0.1, 0.15) is 31.9 Å². The second kappa shape index (κ2) is 8.17. The van der Waals surface area contributed by atoms with Gasteiger partial charge >= 0.3 is 0 Å². The van der Waals surface area contributed by atoms with Gasteiger partial charge < -0.3 is 10.2 Å². The van der Waals surface area contributed by atoms with E-state index in [1.54, 1.807) is 19.1 Å². The highest BCUT2D eigenvalue weighted by atomic mass is 32.2. The Balaban J connectivity index is 1.43. The van der Waals surface area contributed by atoms with Crippen LogP contribution in [-0.2, 0) is 9.84 Å². The average Bonchev–Trinajstić information content (AvgIpc) is 3.21. The van der Waals surface area contributed by atoms with Crippen molar-refractivity contribution in [2.45, 2.75) is 37.2 Å². The molecule has 4 nitrogen and oxygen atoms in total. The first-order chi connectivity index (χ1) is 14.0. The summed E-state index contributed by atoms with van der Waals surface area (Å²) in [6.45, 7) is 5.81. The molecule has 0 bridgehead atoms. The largest absolute Gasteiger partial charge is 0.370 e. The molecule has 0 amide bonds. The van der Waals surface area contributed by atoms with Crippen LogP contribution in [0.3, 0.4) is 0 Å². The van der Waals surface area contributed by atoms with Gasteiger partial charge in [0, 0.05) is 30.9 Å². The van der Waals surface area contributed by atoms with Gasteiger partial charge in [0.2, 0.25) is 0 Å². The van der Waals surface area contributed by atoms with Crippen molar-refractivity contribution >= 4 is 26.3 Å². The van der Waals surface area contributed by atoms with Crippen molar-refractivity contribution in [1.82, 2.24) is 5.32 Å². The summed E-state index contributed by atoms with van der Waals surface area (Å²) in [7, 11) is -3.14. The second-order valence-corrected chi connectivity index (χ2v) is 10.1. The minimum absolute atomic E-state index is 0.133. The number of hydrogen-bond donors (Lipinski definition) is 1. The van der Waals surface area contributed by atoms with Crippen LogP contribution >= 0.6 is 0 Å². The number of anilines is 1. The van der Waals surface area contributed by atoms with Crippen LogP contribution in [0.5, 0.6) is 0 Å². The molecule has 29 heavy (non-hydrogen) atoms. The topological polar surface area (TPSA) is 49.4 Å². The average molecular weight is 409 g/mol. The Kier molecular flexibility index (Phi) is 5.61. The summed E-state index contributed by atoms with van der Waals surface area (Å²) in [4.78, 5) is 2.73. The van der Waals surface area contributed by atoms with Crippen LogP contribution in [0, 0.1) is 0 Å². The van der Waals surface area contributed by atoms with E-state index in [1.165, 1.54) is 16.3 Å². The molecular weight excluding hydrogens is 380 g/mol. The molecule has 1 aliphatic heterocycles. The van der Waals surface area contributed by atoms with Gasteiger partial charge in [0.1, 0.15) is 0 Å². The molecule has 1 fully saturated rings. The molecule has 4 rings (SSSR count). The first kappa shape index (κ1) is 19.9. The molecule has 1 heterocycles.